The zero-order valence-corrected chi connectivity index (χ0v) is 11.1. The third kappa shape index (κ3) is 3.25. The fourth-order valence-electron chi connectivity index (χ4n) is 1.23. The molecule has 0 spiro atoms. The topological polar surface area (TPSA) is 44.5 Å². The van der Waals surface area contributed by atoms with Gasteiger partial charge in [0.05, 0.1) is 11.6 Å². The third-order valence-corrected chi connectivity index (χ3v) is 2.58. The molecule has 0 heterocycles. The molecule has 0 aliphatic carbocycles. The van der Waals surface area contributed by atoms with Crippen molar-refractivity contribution in [2.75, 3.05) is 13.7 Å². The maximum Gasteiger partial charge on any atom is 0.175 e. The number of rotatable bonds is 5. The van der Waals surface area contributed by atoms with E-state index < -0.39 is 0 Å². The van der Waals surface area contributed by atoms with Gasteiger partial charge in [-0.15, -0.1) is 0 Å². The lowest BCUT2D eigenvalue weighted by atomic mass is 10.2. The highest BCUT2D eigenvalue weighted by Gasteiger charge is 2.11. The quantitative estimate of drug-likeness (QED) is 0.846. The van der Waals surface area contributed by atoms with Crippen LogP contribution >= 0.6 is 15.9 Å². The molecule has 2 N–H and O–H groups in total. The molecule has 0 unspecified atom stereocenters. The molecular formula is C12H16BrNO2. The summed E-state index contributed by atoms with van der Waals surface area (Å²) in [7, 11) is 1.61. The van der Waals surface area contributed by atoms with Crippen molar-refractivity contribution < 1.29 is 9.47 Å². The molecule has 1 aromatic carbocycles. The molecule has 0 bridgehead atoms. The number of nitrogens with two attached hydrogens (primary N) is 1. The molecule has 1 aromatic rings. The fourth-order valence-corrected chi connectivity index (χ4v) is 1.83. The van der Waals surface area contributed by atoms with Gasteiger partial charge in [-0.05, 0) is 46.1 Å². The number of ether oxygens (including phenoxy) is 2. The van der Waals surface area contributed by atoms with E-state index in [1.807, 2.05) is 19.1 Å². The molecule has 0 saturated carbocycles. The second-order valence-corrected chi connectivity index (χ2v) is 4.41. The number of halogens is 1. The summed E-state index contributed by atoms with van der Waals surface area (Å²) in [6.07, 6.45) is 0. The molecule has 1 rings (SSSR count). The van der Waals surface area contributed by atoms with Crippen molar-refractivity contribution in [1.29, 1.82) is 0 Å². The highest BCUT2D eigenvalue weighted by atomic mass is 79.9. The number of hydrogen-bond donors (Lipinski definition) is 1. The van der Waals surface area contributed by atoms with Crippen LogP contribution in [0.1, 0.15) is 12.5 Å². The predicted molar refractivity (Wildman–Crippen MR) is 68.9 cm³/mol. The van der Waals surface area contributed by atoms with E-state index in [9.17, 15) is 0 Å². The zero-order valence-electron chi connectivity index (χ0n) is 9.55. The smallest absolute Gasteiger partial charge is 0.175 e. The van der Waals surface area contributed by atoms with Gasteiger partial charge >= 0.3 is 0 Å². The molecule has 0 radical (unpaired) electrons. The van der Waals surface area contributed by atoms with Crippen LogP contribution in [0.2, 0.25) is 0 Å². The molecular weight excluding hydrogens is 270 g/mol. The Morgan fingerprint density at radius 3 is 2.69 bits per heavy atom. The SMILES string of the molecule is C=C(C)COc1c(Br)cc(CN)cc1OC. The standard InChI is InChI=1S/C12H16BrNO2/c1-8(2)7-16-12-10(13)4-9(6-14)5-11(12)15-3/h4-5H,1,6-7,14H2,2-3H3. The van der Waals surface area contributed by atoms with E-state index >= 15 is 0 Å². The first-order chi connectivity index (χ1) is 7.58. The number of methoxy groups -OCH3 is 1. The largest absolute Gasteiger partial charge is 0.493 e. The summed E-state index contributed by atoms with van der Waals surface area (Å²) in [5.74, 6) is 1.36. The summed E-state index contributed by atoms with van der Waals surface area (Å²) in [4.78, 5) is 0. The van der Waals surface area contributed by atoms with E-state index in [1.165, 1.54) is 0 Å². The highest BCUT2D eigenvalue weighted by molar-refractivity contribution is 9.10. The van der Waals surface area contributed by atoms with Crippen LogP contribution in [-0.2, 0) is 6.54 Å². The summed E-state index contributed by atoms with van der Waals surface area (Å²) in [5, 5.41) is 0. The molecule has 0 saturated heterocycles. The van der Waals surface area contributed by atoms with E-state index in [-0.39, 0.29) is 0 Å². The first-order valence-electron chi connectivity index (χ1n) is 4.92. The van der Waals surface area contributed by atoms with Gasteiger partial charge in [0.25, 0.3) is 0 Å². The van der Waals surface area contributed by atoms with E-state index in [0.29, 0.717) is 24.7 Å². The van der Waals surface area contributed by atoms with Gasteiger partial charge in [-0.3, -0.25) is 0 Å². The van der Waals surface area contributed by atoms with E-state index in [0.717, 1.165) is 15.6 Å². The lowest BCUT2D eigenvalue weighted by molar-refractivity contribution is 0.317. The minimum atomic E-state index is 0.468. The maximum absolute atomic E-state index is 5.61. The predicted octanol–water partition coefficient (Wildman–Crippen LogP) is 2.87. The molecule has 0 fully saturated rings. The van der Waals surface area contributed by atoms with Crippen LogP contribution in [0.15, 0.2) is 28.8 Å². The lowest BCUT2D eigenvalue weighted by Gasteiger charge is -2.13. The Hall–Kier alpha value is -1.00. The van der Waals surface area contributed by atoms with Crippen molar-refractivity contribution >= 4 is 15.9 Å². The maximum atomic E-state index is 5.61. The first-order valence-corrected chi connectivity index (χ1v) is 5.71. The van der Waals surface area contributed by atoms with Crippen LogP contribution in [-0.4, -0.2) is 13.7 Å². The molecule has 88 valence electrons. The van der Waals surface area contributed by atoms with Gasteiger partial charge in [0.15, 0.2) is 11.5 Å². The van der Waals surface area contributed by atoms with Gasteiger partial charge in [-0.2, -0.15) is 0 Å². The molecule has 0 atom stereocenters. The molecule has 3 nitrogen and oxygen atoms in total. The summed E-state index contributed by atoms with van der Waals surface area (Å²) >= 11 is 3.44. The molecule has 16 heavy (non-hydrogen) atoms. The molecule has 0 aromatic heterocycles. The van der Waals surface area contributed by atoms with Crippen molar-refractivity contribution in [3.63, 3.8) is 0 Å². The summed E-state index contributed by atoms with van der Waals surface area (Å²) < 4.78 is 11.7. The summed E-state index contributed by atoms with van der Waals surface area (Å²) in [6, 6.07) is 3.80. The average Bonchev–Trinajstić information content (AvgIpc) is 2.26. The van der Waals surface area contributed by atoms with Crippen LogP contribution < -0.4 is 15.2 Å². The molecule has 0 amide bonds. The van der Waals surface area contributed by atoms with Crippen molar-refractivity contribution in [2.45, 2.75) is 13.5 Å². The van der Waals surface area contributed by atoms with E-state index in [1.54, 1.807) is 7.11 Å². The second-order valence-electron chi connectivity index (χ2n) is 3.56. The molecule has 0 aliphatic heterocycles. The van der Waals surface area contributed by atoms with Crippen LogP contribution in [0, 0.1) is 0 Å². The second kappa shape index (κ2) is 5.92. The minimum Gasteiger partial charge on any atom is -0.493 e. The van der Waals surface area contributed by atoms with Crippen molar-refractivity contribution in [3.05, 3.63) is 34.3 Å². The monoisotopic (exact) mass is 285 g/mol. The normalized spacial score (nSPS) is 10.0. The Kier molecular flexibility index (Phi) is 4.83. The van der Waals surface area contributed by atoms with Crippen LogP contribution in [0.3, 0.4) is 0 Å². The highest BCUT2D eigenvalue weighted by Crippen LogP contribution is 2.36. The summed E-state index contributed by atoms with van der Waals surface area (Å²) in [6.45, 7) is 6.64. The van der Waals surface area contributed by atoms with Crippen LogP contribution in [0.4, 0.5) is 0 Å². The fraction of sp³-hybridized carbons (Fsp3) is 0.333. The van der Waals surface area contributed by atoms with Gasteiger partial charge in [0.1, 0.15) is 6.61 Å². The zero-order chi connectivity index (χ0) is 12.1. The number of hydrogen-bond acceptors (Lipinski definition) is 3. The van der Waals surface area contributed by atoms with Crippen molar-refractivity contribution in [3.8, 4) is 11.5 Å². The van der Waals surface area contributed by atoms with Crippen molar-refractivity contribution in [1.82, 2.24) is 0 Å². The van der Waals surface area contributed by atoms with Crippen molar-refractivity contribution in [2.24, 2.45) is 5.73 Å². The molecule has 4 heteroatoms. The average molecular weight is 286 g/mol. The Labute approximate surface area is 104 Å². The third-order valence-electron chi connectivity index (χ3n) is 1.99. The van der Waals surface area contributed by atoms with Gasteiger partial charge in [0, 0.05) is 6.54 Å². The minimum absolute atomic E-state index is 0.468. The number of benzene rings is 1. The van der Waals surface area contributed by atoms with Gasteiger partial charge in [-0.25, -0.2) is 0 Å². The first kappa shape index (κ1) is 13.1. The Morgan fingerprint density at radius 2 is 2.19 bits per heavy atom. The van der Waals surface area contributed by atoms with Crippen LogP contribution in [0.25, 0.3) is 0 Å². The molecule has 0 aliphatic rings. The van der Waals surface area contributed by atoms with E-state index in [2.05, 4.69) is 22.5 Å². The lowest BCUT2D eigenvalue weighted by Crippen LogP contribution is -2.03. The van der Waals surface area contributed by atoms with E-state index in [4.69, 9.17) is 15.2 Å². The Morgan fingerprint density at radius 1 is 1.50 bits per heavy atom. The van der Waals surface area contributed by atoms with Gasteiger partial charge < -0.3 is 15.2 Å². The Bertz CT molecular complexity index is 391. The van der Waals surface area contributed by atoms with Crippen LogP contribution in [0.5, 0.6) is 11.5 Å². The van der Waals surface area contributed by atoms with Gasteiger partial charge in [-0.1, -0.05) is 6.58 Å². The Balaban J connectivity index is 3.01. The summed E-state index contributed by atoms with van der Waals surface area (Å²) in [5.41, 5.74) is 7.53. The van der Waals surface area contributed by atoms with Gasteiger partial charge in [0.2, 0.25) is 0 Å².